The van der Waals surface area contributed by atoms with E-state index in [0.29, 0.717) is 6.79 Å². The van der Waals surface area contributed by atoms with Crippen LogP contribution in [0.1, 0.15) is 11.1 Å². The molecular formula is C18H19Cl2NO2. The van der Waals surface area contributed by atoms with Gasteiger partial charge in [-0.15, -0.1) is 12.4 Å². The van der Waals surface area contributed by atoms with E-state index in [1.807, 2.05) is 36.4 Å². The van der Waals surface area contributed by atoms with Crippen molar-refractivity contribution in [2.75, 3.05) is 20.4 Å². The van der Waals surface area contributed by atoms with Gasteiger partial charge in [-0.25, -0.2) is 0 Å². The van der Waals surface area contributed by atoms with Gasteiger partial charge in [-0.2, -0.15) is 0 Å². The van der Waals surface area contributed by atoms with Crippen LogP contribution in [0.4, 0.5) is 0 Å². The maximum Gasteiger partial charge on any atom is 0.231 e. The lowest BCUT2D eigenvalue weighted by molar-refractivity contribution is 0.174. The molecule has 0 aromatic heterocycles. The van der Waals surface area contributed by atoms with Gasteiger partial charge in [0.1, 0.15) is 0 Å². The second-order valence-corrected chi connectivity index (χ2v) is 5.78. The van der Waals surface area contributed by atoms with Gasteiger partial charge in [0.15, 0.2) is 11.5 Å². The van der Waals surface area contributed by atoms with Gasteiger partial charge in [0.2, 0.25) is 6.79 Å². The Labute approximate surface area is 147 Å². The lowest BCUT2D eigenvalue weighted by atomic mass is 10.2. The molecule has 122 valence electrons. The fourth-order valence-electron chi connectivity index (χ4n) is 2.39. The summed E-state index contributed by atoms with van der Waals surface area (Å²) < 4.78 is 10.7. The van der Waals surface area contributed by atoms with Crippen molar-refractivity contribution in [3.63, 3.8) is 0 Å². The maximum absolute atomic E-state index is 5.97. The molecule has 3 nitrogen and oxygen atoms in total. The van der Waals surface area contributed by atoms with E-state index in [4.69, 9.17) is 21.1 Å². The van der Waals surface area contributed by atoms with Crippen LogP contribution < -0.4 is 9.47 Å². The van der Waals surface area contributed by atoms with Gasteiger partial charge in [-0.3, -0.25) is 4.90 Å². The largest absolute Gasteiger partial charge is 0.454 e. The van der Waals surface area contributed by atoms with Crippen LogP contribution in [0, 0.1) is 0 Å². The third kappa shape index (κ3) is 4.90. The number of halogens is 2. The van der Waals surface area contributed by atoms with E-state index in [-0.39, 0.29) is 12.4 Å². The van der Waals surface area contributed by atoms with Crippen molar-refractivity contribution in [3.8, 4) is 11.5 Å². The van der Waals surface area contributed by atoms with Crippen LogP contribution in [0.5, 0.6) is 11.5 Å². The Morgan fingerprint density at radius 3 is 2.78 bits per heavy atom. The summed E-state index contributed by atoms with van der Waals surface area (Å²) in [5, 5.41) is 0.760. The predicted molar refractivity (Wildman–Crippen MR) is 96.6 cm³/mol. The molecule has 2 aromatic rings. The Morgan fingerprint density at radius 2 is 1.96 bits per heavy atom. The fraction of sp³-hybridized carbons (Fsp3) is 0.222. The van der Waals surface area contributed by atoms with E-state index in [1.165, 1.54) is 5.56 Å². The average molecular weight is 352 g/mol. The van der Waals surface area contributed by atoms with E-state index in [0.717, 1.165) is 35.2 Å². The summed E-state index contributed by atoms with van der Waals surface area (Å²) in [4.78, 5) is 2.23. The van der Waals surface area contributed by atoms with E-state index in [2.05, 4.69) is 30.2 Å². The van der Waals surface area contributed by atoms with Gasteiger partial charge >= 0.3 is 0 Å². The highest BCUT2D eigenvalue weighted by Crippen LogP contribution is 2.32. The zero-order valence-corrected chi connectivity index (χ0v) is 14.4. The molecule has 0 N–H and O–H groups in total. The fourth-order valence-corrected chi connectivity index (χ4v) is 2.59. The molecule has 3 rings (SSSR count). The highest BCUT2D eigenvalue weighted by atomic mass is 35.5. The summed E-state index contributed by atoms with van der Waals surface area (Å²) in [5.41, 5.74) is 2.33. The number of nitrogens with zero attached hydrogens (tertiary/aromatic N) is 1. The molecule has 1 heterocycles. The van der Waals surface area contributed by atoms with Crippen molar-refractivity contribution in [3.05, 3.63) is 64.7 Å². The molecule has 0 bridgehead atoms. The van der Waals surface area contributed by atoms with Crippen molar-refractivity contribution in [2.24, 2.45) is 0 Å². The minimum Gasteiger partial charge on any atom is -0.454 e. The summed E-state index contributed by atoms with van der Waals surface area (Å²) in [6.45, 7) is 2.04. The molecule has 0 unspecified atom stereocenters. The summed E-state index contributed by atoms with van der Waals surface area (Å²) >= 11 is 5.97. The molecule has 5 heteroatoms. The summed E-state index contributed by atoms with van der Waals surface area (Å²) in [6.07, 6.45) is 4.22. The van der Waals surface area contributed by atoms with Gasteiger partial charge in [0.25, 0.3) is 0 Å². The van der Waals surface area contributed by atoms with E-state index < -0.39 is 0 Å². The number of ether oxygens (including phenoxy) is 2. The monoisotopic (exact) mass is 351 g/mol. The molecule has 23 heavy (non-hydrogen) atoms. The normalized spacial score (nSPS) is 12.7. The first-order valence-corrected chi connectivity index (χ1v) is 7.58. The predicted octanol–water partition coefficient (Wildman–Crippen LogP) is 4.64. The second kappa shape index (κ2) is 8.25. The van der Waals surface area contributed by atoms with Crippen LogP contribution in [0.15, 0.2) is 48.5 Å². The van der Waals surface area contributed by atoms with Crippen LogP contribution in [0.2, 0.25) is 5.02 Å². The number of likely N-dealkylation sites (N-methyl/N-ethyl adjacent to an activating group) is 1. The Bertz CT molecular complexity index is 688. The van der Waals surface area contributed by atoms with E-state index in [9.17, 15) is 0 Å². The average Bonchev–Trinajstić information content (AvgIpc) is 2.95. The van der Waals surface area contributed by atoms with Crippen molar-refractivity contribution in [1.29, 1.82) is 0 Å². The third-order valence-corrected chi connectivity index (χ3v) is 3.70. The minimum absolute atomic E-state index is 0. The smallest absolute Gasteiger partial charge is 0.231 e. The first kappa shape index (κ1) is 17.7. The van der Waals surface area contributed by atoms with E-state index >= 15 is 0 Å². The summed E-state index contributed by atoms with van der Waals surface area (Å²) in [7, 11) is 2.09. The molecule has 0 saturated heterocycles. The summed E-state index contributed by atoms with van der Waals surface area (Å²) in [6, 6.07) is 13.9. The quantitative estimate of drug-likeness (QED) is 0.783. The molecule has 0 atom stereocenters. The molecule has 0 saturated carbocycles. The molecule has 0 amide bonds. The molecule has 1 aliphatic heterocycles. The third-order valence-electron chi connectivity index (χ3n) is 3.47. The van der Waals surface area contributed by atoms with Crippen molar-refractivity contribution in [2.45, 2.75) is 6.54 Å². The second-order valence-electron chi connectivity index (χ2n) is 5.34. The molecule has 0 radical (unpaired) electrons. The van der Waals surface area contributed by atoms with Crippen molar-refractivity contribution >= 4 is 30.1 Å². The highest BCUT2D eigenvalue weighted by Gasteiger charge is 2.13. The molecule has 1 aliphatic rings. The Kier molecular flexibility index (Phi) is 6.34. The minimum atomic E-state index is 0. The molecule has 0 fully saturated rings. The zero-order chi connectivity index (χ0) is 15.4. The van der Waals surface area contributed by atoms with Crippen molar-refractivity contribution in [1.82, 2.24) is 4.90 Å². The zero-order valence-electron chi connectivity index (χ0n) is 12.9. The van der Waals surface area contributed by atoms with Gasteiger partial charge in [0.05, 0.1) is 0 Å². The topological polar surface area (TPSA) is 21.7 Å². The number of benzene rings is 2. The summed E-state index contributed by atoms with van der Waals surface area (Å²) in [5.74, 6) is 1.66. The van der Waals surface area contributed by atoms with Gasteiger partial charge in [-0.1, -0.05) is 42.0 Å². The first-order chi connectivity index (χ1) is 10.7. The van der Waals surface area contributed by atoms with Crippen LogP contribution in [-0.4, -0.2) is 25.3 Å². The Hall–Kier alpha value is -1.68. The lowest BCUT2D eigenvalue weighted by Gasteiger charge is -2.14. The first-order valence-electron chi connectivity index (χ1n) is 7.20. The number of hydrogen-bond donors (Lipinski definition) is 0. The number of hydrogen-bond acceptors (Lipinski definition) is 3. The maximum atomic E-state index is 5.97. The highest BCUT2D eigenvalue weighted by molar-refractivity contribution is 6.30. The van der Waals surface area contributed by atoms with Gasteiger partial charge in [0, 0.05) is 18.1 Å². The molecule has 2 aromatic carbocycles. The van der Waals surface area contributed by atoms with Gasteiger partial charge < -0.3 is 9.47 Å². The Balaban J connectivity index is 0.00000192. The SMILES string of the molecule is CN(C/C=C/c1cccc(Cl)c1)Cc1ccc2c(c1)OCO2.Cl. The van der Waals surface area contributed by atoms with Crippen LogP contribution in [0.3, 0.4) is 0 Å². The number of fused-ring (bicyclic) bond motifs is 1. The van der Waals surface area contributed by atoms with Crippen molar-refractivity contribution < 1.29 is 9.47 Å². The molecule has 0 spiro atoms. The molecule has 0 aliphatic carbocycles. The number of rotatable bonds is 5. The van der Waals surface area contributed by atoms with Gasteiger partial charge in [-0.05, 0) is 42.4 Å². The standard InChI is InChI=1S/C18H18ClNO2.ClH/c1-20(9-3-5-14-4-2-6-16(19)10-14)12-15-7-8-17-18(11-15)22-13-21-17;/h2-8,10-11H,9,12-13H2,1H3;1H/b5-3+;. The lowest BCUT2D eigenvalue weighted by Crippen LogP contribution is -2.17. The van der Waals surface area contributed by atoms with Crippen LogP contribution in [-0.2, 0) is 6.54 Å². The Morgan fingerprint density at radius 1 is 1.13 bits per heavy atom. The molecular weight excluding hydrogens is 333 g/mol. The van der Waals surface area contributed by atoms with Crippen LogP contribution >= 0.6 is 24.0 Å². The van der Waals surface area contributed by atoms with E-state index in [1.54, 1.807) is 0 Å². The van der Waals surface area contributed by atoms with Crippen LogP contribution in [0.25, 0.3) is 6.08 Å².